The molecule has 2 fully saturated rings. The van der Waals surface area contributed by atoms with Gasteiger partial charge in [0.05, 0.1) is 5.92 Å². The zero-order chi connectivity index (χ0) is 16.9. The van der Waals surface area contributed by atoms with Crippen LogP contribution in [0, 0.1) is 29.3 Å². The number of carbonyl (C=O) groups excluding carboxylic acids is 1. The van der Waals surface area contributed by atoms with Crippen molar-refractivity contribution in [3.8, 4) is 0 Å². The number of nitrogens with zero attached hydrogens (tertiary/aromatic N) is 2. The van der Waals surface area contributed by atoms with Crippen molar-refractivity contribution in [3.63, 3.8) is 0 Å². The molecule has 9 heteroatoms. The quantitative estimate of drug-likeness (QED) is 0.755. The maximum Gasteiger partial charge on any atom is 0.246 e. The number of benzene rings is 1. The van der Waals surface area contributed by atoms with E-state index in [1.54, 1.807) is 7.05 Å². The normalized spacial score (nSPS) is 25.7. The second-order valence-electron chi connectivity index (χ2n) is 5.91. The van der Waals surface area contributed by atoms with E-state index in [-0.39, 0.29) is 24.9 Å². The Hall–Kier alpha value is -1.61. The Labute approximate surface area is 131 Å². The predicted octanol–water partition coefficient (Wildman–Crippen LogP) is 1.20. The highest BCUT2D eigenvalue weighted by atomic mass is 32.2. The van der Waals surface area contributed by atoms with Gasteiger partial charge in [-0.15, -0.1) is 0 Å². The van der Waals surface area contributed by atoms with Crippen LogP contribution in [0.3, 0.4) is 0 Å². The summed E-state index contributed by atoms with van der Waals surface area (Å²) in [6, 6.07) is 1.28. The maximum atomic E-state index is 13.8. The van der Waals surface area contributed by atoms with E-state index in [4.69, 9.17) is 0 Å². The van der Waals surface area contributed by atoms with Crippen LogP contribution in [0.25, 0.3) is 0 Å². The molecule has 0 N–H and O–H groups in total. The molecule has 5 nitrogen and oxygen atoms in total. The molecule has 1 aromatic carbocycles. The molecule has 0 bridgehead atoms. The summed E-state index contributed by atoms with van der Waals surface area (Å²) in [6.45, 7) is 0.535. The third-order valence-electron chi connectivity index (χ3n) is 4.55. The van der Waals surface area contributed by atoms with Crippen molar-refractivity contribution in [3.05, 3.63) is 29.6 Å². The van der Waals surface area contributed by atoms with Crippen LogP contribution in [0.4, 0.5) is 13.2 Å². The Balaban J connectivity index is 1.93. The number of halogens is 3. The van der Waals surface area contributed by atoms with Crippen molar-refractivity contribution < 1.29 is 26.4 Å². The first-order chi connectivity index (χ1) is 10.7. The minimum Gasteiger partial charge on any atom is -0.345 e. The molecule has 0 aromatic heterocycles. The van der Waals surface area contributed by atoms with E-state index in [1.165, 1.54) is 4.90 Å². The summed E-state index contributed by atoms with van der Waals surface area (Å²) < 4.78 is 66.2. The van der Waals surface area contributed by atoms with E-state index < -0.39 is 38.3 Å². The van der Waals surface area contributed by atoms with Crippen molar-refractivity contribution in [2.24, 2.45) is 11.8 Å². The van der Waals surface area contributed by atoms with E-state index >= 15 is 0 Å². The van der Waals surface area contributed by atoms with Gasteiger partial charge < -0.3 is 4.90 Å². The minimum atomic E-state index is -4.33. The second-order valence-corrected chi connectivity index (χ2v) is 7.82. The number of rotatable bonds is 2. The van der Waals surface area contributed by atoms with E-state index in [1.807, 2.05) is 0 Å². The molecule has 2 heterocycles. The average Bonchev–Trinajstić information content (AvgIpc) is 2.94. The average molecular weight is 348 g/mol. The Morgan fingerprint density at radius 3 is 2.52 bits per heavy atom. The SMILES string of the molecule is CN1CC[C@@H]2CN(S(=O)(=O)c3ccc(F)c(F)c3F)C[C@@H]2C1=O. The summed E-state index contributed by atoms with van der Waals surface area (Å²) in [5, 5.41) is 0. The second kappa shape index (κ2) is 5.48. The van der Waals surface area contributed by atoms with Gasteiger partial charge >= 0.3 is 0 Å². The number of sulfonamides is 1. The fourth-order valence-corrected chi connectivity index (χ4v) is 4.78. The summed E-state index contributed by atoms with van der Waals surface area (Å²) in [5.41, 5.74) is 0. The highest BCUT2D eigenvalue weighted by Crippen LogP contribution is 2.35. The number of hydrogen-bond acceptors (Lipinski definition) is 3. The number of likely N-dealkylation sites (tertiary alicyclic amines) is 1. The number of carbonyl (C=O) groups is 1. The lowest BCUT2D eigenvalue weighted by Gasteiger charge is -2.30. The van der Waals surface area contributed by atoms with Crippen molar-refractivity contribution in [2.45, 2.75) is 11.3 Å². The molecule has 2 saturated heterocycles. The summed E-state index contributed by atoms with van der Waals surface area (Å²) in [4.78, 5) is 12.7. The van der Waals surface area contributed by atoms with Crippen LogP contribution >= 0.6 is 0 Å². The van der Waals surface area contributed by atoms with Gasteiger partial charge in [0.1, 0.15) is 4.90 Å². The summed E-state index contributed by atoms with van der Waals surface area (Å²) in [7, 11) is -2.68. The number of amides is 1. The fraction of sp³-hybridized carbons (Fsp3) is 0.500. The van der Waals surface area contributed by atoms with Gasteiger partial charge in [0.25, 0.3) is 0 Å². The van der Waals surface area contributed by atoms with Crippen molar-refractivity contribution >= 4 is 15.9 Å². The number of fused-ring (bicyclic) bond motifs is 1. The van der Waals surface area contributed by atoms with Gasteiger partial charge in [-0.2, -0.15) is 4.31 Å². The first kappa shape index (κ1) is 16.3. The molecule has 23 heavy (non-hydrogen) atoms. The van der Waals surface area contributed by atoms with Gasteiger partial charge in [0, 0.05) is 26.7 Å². The monoisotopic (exact) mass is 348 g/mol. The van der Waals surface area contributed by atoms with Crippen molar-refractivity contribution in [1.29, 1.82) is 0 Å². The first-order valence-electron chi connectivity index (χ1n) is 7.12. The van der Waals surface area contributed by atoms with Crippen LogP contribution < -0.4 is 0 Å². The van der Waals surface area contributed by atoms with E-state index in [0.29, 0.717) is 25.1 Å². The van der Waals surface area contributed by atoms with Crippen molar-refractivity contribution in [2.75, 3.05) is 26.7 Å². The number of piperidine rings is 1. The Kier molecular flexibility index (Phi) is 3.88. The van der Waals surface area contributed by atoms with Gasteiger partial charge in [0.15, 0.2) is 17.5 Å². The van der Waals surface area contributed by atoms with Gasteiger partial charge in [0.2, 0.25) is 15.9 Å². The van der Waals surface area contributed by atoms with Crippen LogP contribution in [-0.2, 0) is 14.8 Å². The molecule has 0 radical (unpaired) electrons. The van der Waals surface area contributed by atoms with Gasteiger partial charge in [-0.3, -0.25) is 4.79 Å². The van der Waals surface area contributed by atoms with Crippen LogP contribution in [-0.4, -0.2) is 50.2 Å². The Morgan fingerprint density at radius 2 is 1.83 bits per heavy atom. The van der Waals surface area contributed by atoms with Crippen LogP contribution in [0.1, 0.15) is 6.42 Å². The largest absolute Gasteiger partial charge is 0.345 e. The third-order valence-corrected chi connectivity index (χ3v) is 6.40. The molecule has 2 aliphatic heterocycles. The minimum absolute atomic E-state index is 0.0744. The summed E-state index contributed by atoms with van der Waals surface area (Å²) in [5.74, 6) is -5.77. The molecule has 2 atom stereocenters. The van der Waals surface area contributed by atoms with Crippen LogP contribution in [0.5, 0.6) is 0 Å². The molecule has 1 amide bonds. The highest BCUT2D eigenvalue weighted by Gasteiger charge is 2.46. The fourth-order valence-electron chi connectivity index (χ4n) is 3.20. The van der Waals surface area contributed by atoms with Crippen LogP contribution in [0.2, 0.25) is 0 Å². The first-order valence-corrected chi connectivity index (χ1v) is 8.56. The Bertz CT molecular complexity index is 769. The molecule has 2 aliphatic rings. The summed E-state index contributed by atoms with van der Waals surface area (Å²) in [6.07, 6.45) is 0.652. The van der Waals surface area contributed by atoms with Gasteiger partial charge in [-0.05, 0) is 24.5 Å². The topological polar surface area (TPSA) is 57.7 Å². The molecule has 1 aromatic rings. The standard InChI is InChI=1S/C14H15F3N2O3S/c1-18-5-4-8-6-19(7-9(8)14(18)20)23(21,22)11-3-2-10(15)12(16)13(11)17/h2-3,8-9H,4-7H2,1H3/t8-,9+/m1/s1. The molecule has 0 unspecified atom stereocenters. The van der Waals surface area contributed by atoms with E-state index in [2.05, 4.69) is 0 Å². The smallest absolute Gasteiger partial charge is 0.246 e. The van der Waals surface area contributed by atoms with E-state index in [0.717, 1.165) is 4.31 Å². The zero-order valence-corrected chi connectivity index (χ0v) is 13.1. The van der Waals surface area contributed by atoms with Crippen LogP contribution in [0.15, 0.2) is 17.0 Å². The molecule has 0 aliphatic carbocycles. The van der Waals surface area contributed by atoms with Gasteiger partial charge in [-0.25, -0.2) is 21.6 Å². The lowest BCUT2D eigenvalue weighted by Crippen LogP contribution is -2.42. The molecule has 3 rings (SSSR count). The third kappa shape index (κ3) is 2.51. The molecule has 0 spiro atoms. The Morgan fingerprint density at radius 1 is 1.13 bits per heavy atom. The molecular weight excluding hydrogens is 333 g/mol. The lowest BCUT2D eigenvalue weighted by atomic mass is 9.88. The highest BCUT2D eigenvalue weighted by molar-refractivity contribution is 7.89. The molecule has 0 saturated carbocycles. The maximum absolute atomic E-state index is 13.8. The van der Waals surface area contributed by atoms with Crippen molar-refractivity contribution in [1.82, 2.24) is 9.21 Å². The zero-order valence-electron chi connectivity index (χ0n) is 12.3. The van der Waals surface area contributed by atoms with E-state index in [9.17, 15) is 26.4 Å². The number of hydrogen-bond donors (Lipinski definition) is 0. The molecule has 126 valence electrons. The predicted molar refractivity (Wildman–Crippen MR) is 74.3 cm³/mol. The lowest BCUT2D eigenvalue weighted by molar-refractivity contribution is -0.137. The molecular formula is C14H15F3N2O3S. The summed E-state index contributed by atoms with van der Waals surface area (Å²) >= 11 is 0. The van der Waals surface area contributed by atoms with Gasteiger partial charge in [-0.1, -0.05) is 0 Å².